The third kappa shape index (κ3) is 3.78. The number of hydrogen-bond donors (Lipinski definition) is 1. The summed E-state index contributed by atoms with van der Waals surface area (Å²) < 4.78 is 0.257. The maximum Gasteiger partial charge on any atom is 0.0577 e. The van der Waals surface area contributed by atoms with Gasteiger partial charge in [-0.2, -0.15) is 0 Å². The second-order valence-electron chi connectivity index (χ2n) is 12.4. The van der Waals surface area contributed by atoms with Gasteiger partial charge < -0.3 is 5.11 Å². The van der Waals surface area contributed by atoms with E-state index in [0.717, 1.165) is 36.5 Å². The van der Waals surface area contributed by atoms with Crippen LogP contribution in [-0.2, 0) is 0 Å². The number of halogens is 1. The molecule has 0 aromatic heterocycles. The minimum Gasteiger partial charge on any atom is -0.393 e. The summed E-state index contributed by atoms with van der Waals surface area (Å²) in [5.41, 5.74) is 2.49. The Morgan fingerprint density at radius 3 is 2.53 bits per heavy atom. The van der Waals surface area contributed by atoms with Gasteiger partial charge in [-0.05, 0) is 105 Å². The Kier molecular flexibility index (Phi) is 6.37. The van der Waals surface area contributed by atoms with Crippen LogP contribution in [0.5, 0.6) is 0 Å². The molecule has 8 unspecified atom stereocenters. The lowest BCUT2D eigenvalue weighted by Crippen LogP contribution is -2.50. The minimum absolute atomic E-state index is 0.0901. The molecule has 170 valence electrons. The average molecular weight is 525 g/mol. The molecular weight excluding hydrogens is 479 g/mol. The molecule has 4 aliphatic carbocycles. The highest BCUT2D eigenvalue weighted by Crippen LogP contribution is 2.67. The lowest BCUT2D eigenvalue weighted by atomic mass is 9.47. The largest absolute Gasteiger partial charge is 0.393 e. The van der Waals surface area contributed by atoms with Crippen molar-refractivity contribution in [1.29, 1.82) is 0 Å². The molecule has 2 heteroatoms. The van der Waals surface area contributed by atoms with Crippen LogP contribution in [0.15, 0.2) is 23.8 Å². The second kappa shape index (κ2) is 8.19. The third-order valence-corrected chi connectivity index (χ3v) is 12.2. The first-order chi connectivity index (χ1) is 14.0. The summed E-state index contributed by atoms with van der Waals surface area (Å²) in [6.07, 6.45) is 17.7. The summed E-state index contributed by atoms with van der Waals surface area (Å²) in [5.74, 6) is 4.81. The van der Waals surface area contributed by atoms with E-state index in [2.05, 4.69) is 82.4 Å². The molecule has 0 saturated heterocycles. The van der Waals surface area contributed by atoms with Crippen LogP contribution in [-0.4, -0.2) is 14.6 Å². The maximum atomic E-state index is 10.2. The SMILES string of the molecule is CC(/C=C/[C@@](C)(I)C(C)C)C1CCC2C3CC=C4CC(O)CCC4(C)C3CCC12C. The smallest absolute Gasteiger partial charge is 0.0577 e. The molecule has 4 aliphatic rings. The number of aliphatic hydroxyl groups is 1. The topological polar surface area (TPSA) is 20.2 Å². The normalized spacial score (nSPS) is 46.7. The first-order valence-electron chi connectivity index (χ1n) is 12.7. The zero-order chi connectivity index (χ0) is 21.9. The number of alkyl halides is 1. The Labute approximate surface area is 199 Å². The maximum absolute atomic E-state index is 10.2. The van der Waals surface area contributed by atoms with Crippen LogP contribution in [0, 0.1) is 46.3 Å². The molecule has 30 heavy (non-hydrogen) atoms. The summed E-state index contributed by atoms with van der Waals surface area (Å²) in [7, 11) is 0. The van der Waals surface area contributed by atoms with Crippen molar-refractivity contribution in [3.05, 3.63) is 23.8 Å². The van der Waals surface area contributed by atoms with Crippen molar-refractivity contribution < 1.29 is 5.11 Å². The summed E-state index contributed by atoms with van der Waals surface area (Å²) in [5, 5.41) is 10.2. The van der Waals surface area contributed by atoms with Gasteiger partial charge in [0, 0.05) is 3.42 Å². The first kappa shape index (κ1) is 23.3. The van der Waals surface area contributed by atoms with E-state index in [0.29, 0.717) is 22.7 Å². The molecule has 0 aromatic carbocycles. The van der Waals surface area contributed by atoms with Crippen LogP contribution >= 0.6 is 22.6 Å². The van der Waals surface area contributed by atoms with Crippen molar-refractivity contribution >= 4 is 22.6 Å². The van der Waals surface area contributed by atoms with E-state index in [1.807, 2.05) is 0 Å². The predicted octanol–water partition coefficient (Wildman–Crippen LogP) is 7.97. The molecule has 0 radical (unpaired) electrons. The summed E-state index contributed by atoms with van der Waals surface area (Å²) in [4.78, 5) is 0. The standard InChI is InChI=1S/C28H45IO/c1-18(2)28(6,29)16-11-19(3)23-9-10-24-22-8-7-20-17-21(30)12-14-26(20,4)25(22)13-15-27(23,24)5/h7,11,16,18-19,21-25,30H,8-10,12-15,17H2,1-6H3/b16-11+/t19?,21?,22?,23?,24?,25?,26?,27?,28-/m1/s1. The number of allylic oxidation sites excluding steroid dienone is 3. The van der Waals surface area contributed by atoms with Gasteiger partial charge in [-0.15, -0.1) is 0 Å². The molecule has 0 bridgehead atoms. The molecule has 4 rings (SSSR count). The Bertz CT molecular complexity index is 705. The van der Waals surface area contributed by atoms with Gasteiger partial charge in [0.05, 0.1) is 6.10 Å². The van der Waals surface area contributed by atoms with Crippen LogP contribution in [0.1, 0.15) is 92.9 Å². The number of fused-ring (bicyclic) bond motifs is 5. The average Bonchev–Trinajstić information content (AvgIpc) is 3.04. The Morgan fingerprint density at radius 1 is 1.10 bits per heavy atom. The molecule has 0 aromatic rings. The van der Waals surface area contributed by atoms with Crippen molar-refractivity contribution in [1.82, 2.24) is 0 Å². The number of rotatable bonds is 4. The Morgan fingerprint density at radius 2 is 1.83 bits per heavy atom. The molecule has 0 heterocycles. The molecular formula is C28H45IO. The first-order valence-corrected chi connectivity index (χ1v) is 13.8. The van der Waals surface area contributed by atoms with Gasteiger partial charge >= 0.3 is 0 Å². The van der Waals surface area contributed by atoms with E-state index in [9.17, 15) is 5.11 Å². The minimum atomic E-state index is -0.0901. The fraction of sp³-hybridized carbons (Fsp3) is 0.857. The van der Waals surface area contributed by atoms with Crippen molar-refractivity contribution in [2.24, 2.45) is 46.3 Å². The van der Waals surface area contributed by atoms with E-state index in [1.165, 1.54) is 38.5 Å². The van der Waals surface area contributed by atoms with E-state index in [4.69, 9.17) is 0 Å². The number of hydrogen-bond acceptors (Lipinski definition) is 1. The van der Waals surface area contributed by atoms with Gasteiger partial charge in [0.2, 0.25) is 0 Å². The van der Waals surface area contributed by atoms with Crippen LogP contribution in [0.4, 0.5) is 0 Å². The van der Waals surface area contributed by atoms with Crippen LogP contribution in [0.2, 0.25) is 0 Å². The zero-order valence-corrected chi connectivity index (χ0v) is 22.4. The van der Waals surface area contributed by atoms with Crippen molar-refractivity contribution in [2.75, 3.05) is 0 Å². The molecule has 3 saturated carbocycles. The predicted molar refractivity (Wildman–Crippen MR) is 137 cm³/mol. The highest BCUT2D eigenvalue weighted by molar-refractivity contribution is 14.1. The lowest BCUT2D eigenvalue weighted by molar-refractivity contribution is -0.0540. The van der Waals surface area contributed by atoms with Gasteiger partial charge in [-0.3, -0.25) is 0 Å². The number of aliphatic hydroxyl groups excluding tert-OH is 1. The van der Waals surface area contributed by atoms with Crippen molar-refractivity contribution in [3.63, 3.8) is 0 Å². The highest BCUT2D eigenvalue weighted by Gasteiger charge is 2.59. The van der Waals surface area contributed by atoms with Gasteiger partial charge in [0.1, 0.15) is 0 Å². The summed E-state index contributed by atoms with van der Waals surface area (Å²) >= 11 is 2.64. The molecule has 3 fully saturated rings. The van der Waals surface area contributed by atoms with Gasteiger partial charge in [0.25, 0.3) is 0 Å². The molecule has 1 nitrogen and oxygen atoms in total. The van der Waals surface area contributed by atoms with Crippen molar-refractivity contribution in [2.45, 2.75) is 102 Å². The molecule has 0 spiro atoms. The molecule has 0 amide bonds. The van der Waals surface area contributed by atoms with Crippen LogP contribution in [0.25, 0.3) is 0 Å². The second-order valence-corrected chi connectivity index (χ2v) is 14.7. The van der Waals surface area contributed by atoms with Gasteiger partial charge in [0.15, 0.2) is 0 Å². The zero-order valence-electron chi connectivity index (χ0n) is 20.3. The van der Waals surface area contributed by atoms with Gasteiger partial charge in [-0.1, -0.05) is 81.0 Å². The Hall–Kier alpha value is 0.170. The molecule has 0 aliphatic heterocycles. The van der Waals surface area contributed by atoms with Crippen LogP contribution in [0.3, 0.4) is 0 Å². The quantitative estimate of drug-likeness (QED) is 0.225. The van der Waals surface area contributed by atoms with Crippen LogP contribution < -0.4 is 0 Å². The molecule has 1 N–H and O–H groups in total. The summed E-state index contributed by atoms with van der Waals surface area (Å²) in [6.45, 7) is 14.8. The van der Waals surface area contributed by atoms with Gasteiger partial charge in [-0.25, -0.2) is 0 Å². The third-order valence-electron chi connectivity index (χ3n) is 10.6. The Balaban J connectivity index is 1.54. The van der Waals surface area contributed by atoms with E-state index < -0.39 is 0 Å². The lowest BCUT2D eigenvalue weighted by Gasteiger charge is -2.58. The van der Waals surface area contributed by atoms with E-state index >= 15 is 0 Å². The van der Waals surface area contributed by atoms with E-state index in [1.54, 1.807) is 5.57 Å². The van der Waals surface area contributed by atoms with Crippen molar-refractivity contribution in [3.8, 4) is 0 Å². The fourth-order valence-corrected chi connectivity index (χ4v) is 8.42. The fourth-order valence-electron chi connectivity index (χ4n) is 8.21. The van der Waals surface area contributed by atoms with E-state index in [-0.39, 0.29) is 9.53 Å². The highest BCUT2D eigenvalue weighted by atomic mass is 127. The monoisotopic (exact) mass is 524 g/mol. The molecule has 9 atom stereocenters. The summed E-state index contributed by atoms with van der Waals surface area (Å²) in [6, 6.07) is 0.